The number of fused-ring (bicyclic) bond motifs is 1. The molecule has 0 radical (unpaired) electrons. The Labute approximate surface area is 201 Å². The number of carbonyl (C=O) groups excluding carboxylic acids is 3. The number of benzene rings is 2. The van der Waals surface area contributed by atoms with Crippen LogP contribution in [-0.4, -0.2) is 30.1 Å². The van der Waals surface area contributed by atoms with Gasteiger partial charge in [-0.15, -0.1) is 0 Å². The Hall–Kier alpha value is -3.35. The van der Waals surface area contributed by atoms with Gasteiger partial charge in [0, 0.05) is 29.8 Å². The fourth-order valence-corrected chi connectivity index (χ4v) is 4.15. The Kier molecular flexibility index (Phi) is 7.34. The zero-order valence-corrected chi connectivity index (χ0v) is 21.1. The van der Waals surface area contributed by atoms with Crippen molar-refractivity contribution in [2.45, 2.75) is 73.1 Å². The molecule has 2 atom stereocenters. The maximum Gasteiger partial charge on any atom is 0.407 e. The van der Waals surface area contributed by atoms with Crippen LogP contribution in [0.25, 0.3) is 11.1 Å². The van der Waals surface area contributed by atoms with Gasteiger partial charge < -0.3 is 20.3 Å². The molecule has 1 aliphatic rings. The summed E-state index contributed by atoms with van der Waals surface area (Å²) in [5, 5.41) is 5.94. The number of amides is 3. The largest absolute Gasteiger partial charge is 0.447 e. The van der Waals surface area contributed by atoms with Crippen molar-refractivity contribution in [3.8, 4) is 11.1 Å². The monoisotopic (exact) mass is 465 g/mol. The van der Waals surface area contributed by atoms with Crippen molar-refractivity contribution in [1.29, 1.82) is 0 Å². The molecule has 0 aliphatic carbocycles. The summed E-state index contributed by atoms with van der Waals surface area (Å²) in [7, 11) is 0. The molecule has 2 aromatic rings. The zero-order valence-electron chi connectivity index (χ0n) is 21.1. The van der Waals surface area contributed by atoms with E-state index in [0.717, 1.165) is 22.4 Å². The molecule has 2 aromatic carbocycles. The lowest BCUT2D eigenvalue weighted by atomic mass is 9.89. The second kappa shape index (κ2) is 9.87. The molecule has 2 N–H and O–H groups in total. The van der Waals surface area contributed by atoms with Crippen LogP contribution in [0.3, 0.4) is 0 Å². The Balaban J connectivity index is 1.99. The molecule has 7 heteroatoms. The van der Waals surface area contributed by atoms with Gasteiger partial charge in [-0.2, -0.15) is 0 Å². The number of nitrogens with one attached hydrogen (secondary N) is 2. The summed E-state index contributed by atoms with van der Waals surface area (Å²) in [6.07, 6.45) is -0.136. The minimum absolute atomic E-state index is 0.0448. The molecule has 0 unspecified atom stereocenters. The van der Waals surface area contributed by atoms with Crippen molar-refractivity contribution in [2.75, 3.05) is 10.2 Å². The Morgan fingerprint density at radius 3 is 2.35 bits per heavy atom. The molecule has 0 spiro atoms. The summed E-state index contributed by atoms with van der Waals surface area (Å²) in [6, 6.07) is 13.2. The molecule has 182 valence electrons. The van der Waals surface area contributed by atoms with Crippen molar-refractivity contribution in [1.82, 2.24) is 5.32 Å². The highest BCUT2D eigenvalue weighted by Gasteiger charge is 2.34. The molecule has 0 saturated carbocycles. The second-order valence-corrected chi connectivity index (χ2v) is 10.2. The summed E-state index contributed by atoms with van der Waals surface area (Å²) in [4.78, 5) is 39.0. The normalized spacial score (nSPS) is 17.7. The summed E-state index contributed by atoms with van der Waals surface area (Å²) >= 11 is 0. The van der Waals surface area contributed by atoms with E-state index in [-0.39, 0.29) is 30.0 Å². The SMILES string of the molecule is CC(=O)N1c2ccc(-c3cccc(NC(=O)C(C)(C)C)c3)cc2[C@H](NC(=O)OC(C)C)C[C@@H]1C. The van der Waals surface area contributed by atoms with Gasteiger partial charge in [0.15, 0.2) is 0 Å². The molecule has 3 amide bonds. The van der Waals surface area contributed by atoms with Crippen molar-refractivity contribution in [3.05, 3.63) is 48.0 Å². The van der Waals surface area contributed by atoms with Crippen LogP contribution in [0.1, 0.15) is 66.5 Å². The van der Waals surface area contributed by atoms with Gasteiger partial charge in [0.05, 0.1) is 12.1 Å². The number of rotatable bonds is 4. The third-order valence-electron chi connectivity index (χ3n) is 5.79. The van der Waals surface area contributed by atoms with Crippen molar-refractivity contribution in [3.63, 3.8) is 0 Å². The van der Waals surface area contributed by atoms with Gasteiger partial charge in [-0.05, 0) is 68.1 Å². The molecule has 7 nitrogen and oxygen atoms in total. The molecule has 0 fully saturated rings. The van der Waals surface area contributed by atoms with Crippen LogP contribution in [0.15, 0.2) is 42.5 Å². The highest BCUT2D eigenvalue weighted by molar-refractivity contribution is 5.96. The van der Waals surface area contributed by atoms with Gasteiger partial charge >= 0.3 is 6.09 Å². The first-order valence-electron chi connectivity index (χ1n) is 11.7. The summed E-state index contributed by atoms with van der Waals surface area (Å²) in [6.45, 7) is 12.7. The average molecular weight is 466 g/mol. The third-order valence-corrected chi connectivity index (χ3v) is 5.79. The highest BCUT2D eigenvalue weighted by Crippen LogP contribution is 2.40. The lowest BCUT2D eigenvalue weighted by Crippen LogP contribution is -2.45. The van der Waals surface area contributed by atoms with E-state index in [2.05, 4.69) is 10.6 Å². The van der Waals surface area contributed by atoms with Crippen molar-refractivity contribution in [2.24, 2.45) is 5.41 Å². The molecular weight excluding hydrogens is 430 g/mol. The second-order valence-electron chi connectivity index (χ2n) is 10.2. The third kappa shape index (κ3) is 5.76. The van der Waals surface area contributed by atoms with E-state index in [1.807, 2.05) is 70.2 Å². The van der Waals surface area contributed by atoms with Gasteiger partial charge in [-0.25, -0.2) is 4.79 Å². The van der Waals surface area contributed by atoms with Crippen LogP contribution in [0.4, 0.5) is 16.2 Å². The topological polar surface area (TPSA) is 87.7 Å². The molecule has 1 heterocycles. The van der Waals surface area contributed by atoms with Crippen LogP contribution >= 0.6 is 0 Å². The van der Waals surface area contributed by atoms with Gasteiger partial charge in [0.1, 0.15) is 0 Å². The van der Waals surface area contributed by atoms with E-state index in [1.54, 1.807) is 25.7 Å². The first kappa shape index (κ1) is 25.3. The maximum atomic E-state index is 12.4. The van der Waals surface area contributed by atoms with Crippen molar-refractivity contribution < 1.29 is 19.1 Å². The average Bonchev–Trinajstić information content (AvgIpc) is 2.72. The van der Waals surface area contributed by atoms with Crippen LogP contribution in [0.5, 0.6) is 0 Å². The molecular formula is C27H35N3O4. The predicted octanol–water partition coefficient (Wildman–Crippen LogP) is 5.66. The minimum atomic E-state index is -0.502. The Morgan fingerprint density at radius 2 is 1.74 bits per heavy atom. The van der Waals surface area contributed by atoms with E-state index in [1.165, 1.54) is 0 Å². The molecule has 0 aromatic heterocycles. The number of hydrogen-bond acceptors (Lipinski definition) is 4. The van der Waals surface area contributed by atoms with E-state index < -0.39 is 11.5 Å². The minimum Gasteiger partial charge on any atom is -0.447 e. The van der Waals surface area contributed by atoms with Gasteiger partial charge in [0.2, 0.25) is 11.8 Å². The summed E-state index contributed by atoms with van der Waals surface area (Å²) in [5.41, 5.74) is 3.69. The molecule has 0 saturated heterocycles. The molecule has 0 bridgehead atoms. The standard InChI is InChI=1S/C27H35N3O4/c1-16(2)34-26(33)29-23-13-17(3)30(18(4)31)24-12-11-20(15-22(23)24)19-9-8-10-21(14-19)28-25(32)27(5,6)7/h8-12,14-17,23H,13H2,1-7H3,(H,28,32)(H,29,33)/t17-,23+/m0/s1. The fourth-order valence-electron chi connectivity index (χ4n) is 4.15. The smallest absolute Gasteiger partial charge is 0.407 e. The van der Waals surface area contributed by atoms with E-state index >= 15 is 0 Å². The molecule has 34 heavy (non-hydrogen) atoms. The zero-order chi connectivity index (χ0) is 25.2. The number of anilines is 2. The first-order chi connectivity index (χ1) is 15.9. The van der Waals surface area contributed by atoms with Crippen LogP contribution < -0.4 is 15.5 Å². The maximum absolute atomic E-state index is 12.4. The first-order valence-corrected chi connectivity index (χ1v) is 11.7. The van der Waals surface area contributed by atoms with E-state index in [0.29, 0.717) is 12.1 Å². The van der Waals surface area contributed by atoms with Crippen molar-refractivity contribution >= 4 is 29.3 Å². The summed E-state index contributed by atoms with van der Waals surface area (Å²) < 4.78 is 5.30. The molecule has 1 aliphatic heterocycles. The lowest BCUT2D eigenvalue weighted by Gasteiger charge is -2.39. The Bertz CT molecular complexity index is 1090. The highest BCUT2D eigenvalue weighted by atomic mass is 16.6. The number of nitrogens with zero attached hydrogens (tertiary/aromatic N) is 1. The fraction of sp³-hybridized carbons (Fsp3) is 0.444. The number of hydrogen-bond donors (Lipinski definition) is 2. The summed E-state index contributed by atoms with van der Waals surface area (Å²) in [5.74, 6) is -0.106. The van der Waals surface area contributed by atoms with Crippen LogP contribution in [0.2, 0.25) is 0 Å². The molecule has 3 rings (SSSR count). The van der Waals surface area contributed by atoms with Gasteiger partial charge in [-0.3, -0.25) is 9.59 Å². The Morgan fingerprint density at radius 1 is 1.06 bits per heavy atom. The van der Waals surface area contributed by atoms with Crippen LogP contribution in [0, 0.1) is 5.41 Å². The lowest BCUT2D eigenvalue weighted by molar-refractivity contribution is -0.123. The number of ether oxygens (including phenoxy) is 1. The van der Waals surface area contributed by atoms with E-state index in [4.69, 9.17) is 4.74 Å². The van der Waals surface area contributed by atoms with Crippen LogP contribution in [-0.2, 0) is 14.3 Å². The number of carbonyl (C=O) groups is 3. The van der Waals surface area contributed by atoms with E-state index in [9.17, 15) is 14.4 Å². The quantitative estimate of drug-likeness (QED) is 0.610. The van der Waals surface area contributed by atoms with Gasteiger partial charge in [-0.1, -0.05) is 39.0 Å². The number of alkyl carbamates (subject to hydrolysis) is 1. The van der Waals surface area contributed by atoms with Gasteiger partial charge in [0.25, 0.3) is 0 Å². The predicted molar refractivity (Wildman–Crippen MR) is 135 cm³/mol.